The Labute approximate surface area is 204 Å². The topological polar surface area (TPSA) is 101 Å². The van der Waals surface area contributed by atoms with Gasteiger partial charge in [0.25, 0.3) is 5.56 Å². The van der Waals surface area contributed by atoms with Crippen molar-refractivity contribution in [3.63, 3.8) is 0 Å². The molecular weight excluding hydrogens is 454 g/mol. The molecule has 3 heterocycles. The Balaban J connectivity index is 1.88. The summed E-state index contributed by atoms with van der Waals surface area (Å²) >= 11 is 1.53. The van der Waals surface area contributed by atoms with E-state index in [-0.39, 0.29) is 29.8 Å². The van der Waals surface area contributed by atoms with Gasteiger partial charge in [-0.25, -0.2) is 0 Å². The number of thiophene rings is 1. The van der Waals surface area contributed by atoms with E-state index in [1.807, 2.05) is 39.1 Å². The van der Waals surface area contributed by atoms with Crippen molar-refractivity contribution in [2.24, 2.45) is 5.92 Å². The van der Waals surface area contributed by atoms with Gasteiger partial charge in [0, 0.05) is 18.8 Å². The minimum atomic E-state index is -0.999. The lowest BCUT2D eigenvalue weighted by Gasteiger charge is -2.34. The summed E-state index contributed by atoms with van der Waals surface area (Å²) in [6.07, 6.45) is 1.95. The monoisotopic (exact) mass is 489 g/mol. The molecule has 0 radical (unpaired) electrons. The van der Waals surface area contributed by atoms with E-state index in [0.717, 1.165) is 28.2 Å². The zero-order chi connectivity index (χ0) is 25.0. The number of rotatable bonds is 9. The summed E-state index contributed by atoms with van der Waals surface area (Å²) in [5.74, 6) is -1.18. The molecular formula is C25H35N3O5S. The number of carbonyl (C=O) groups is 2. The molecule has 0 saturated carbocycles. The highest BCUT2D eigenvalue weighted by molar-refractivity contribution is 7.14. The molecule has 186 valence electrons. The van der Waals surface area contributed by atoms with E-state index in [4.69, 9.17) is 4.74 Å². The SMILES string of the molecule is Cc1cc(=O)n([C@@H](CC(C)C)C(=O)N[C@H](CC(=O)O)c2csc(N3CCOCC3C)c2)cc1C. The lowest BCUT2D eigenvalue weighted by molar-refractivity contribution is -0.138. The number of hydrogen-bond acceptors (Lipinski definition) is 6. The number of anilines is 1. The molecule has 8 nitrogen and oxygen atoms in total. The van der Waals surface area contributed by atoms with Gasteiger partial charge in [0.15, 0.2) is 0 Å². The van der Waals surface area contributed by atoms with Crippen molar-refractivity contribution in [2.75, 3.05) is 24.7 Å². The number of carboxylic acids is 1. The van der Waals surface area contributed by atoms with Gasteiger partial charge in [0.05, 0.1) is 36.7 Å². The van der Waals surface area contributed by atoms with Crippen molar-refractivity contribution in [1.29, 1.82) is 0 Å². The average Bonchev–Trinajstić information content (AvgIpc) is 3.24. The number of aryl methyl sites for hydroxylation is 2. The van der Waals surface area contributed by atoms with Crippen LogP contribution in [0.2, 0.25) is 0 Å². The van der Waals surface area contributed by atoms with Crippen molar-refractivity contribution >= 4 is 28.2 Å². The molecule has 9 heteroatoms. The molecule has 2 aromatic heterocycles. The maximum Gasteiger partial charge on any atom is 0.305 e. The molecule has 0 aliphatic carbocycles. The predicted molar refractivity (Wildman–Crippen MR) is 134 cm³/mol. The van der Waals surface area contributed by atoms with Gasteiger partial charge in [-0.3, -0.25) is 14.4 Å². The zero-order valence-corrected chi connectivity index (χ0v) is 21.4. The number of nitrogens with zero attached hydrogens (tertiary/aromatic N) is 2. The van der Waals surface area contributed by atoms with Gasteiger partial charge in [-0.15, -0.1) is 11.3 Å². The molecule has 1 aliphatic heterocycles. The third-order valence-corrected chi connectivity index (χ3v) is 7.22. The van der Waals surface area contributed by atoms with Crippen molar-refractivity contribution in [2.45, 2.75) is 65.6 Å². The summed E-state index contributed by atoms with van der Waals surface area (Å²) in [7, 11) is 0. The second-order valence-corrected chi connectivity index (χ2v) is 10.4. The van der Waals surface area contributed by atoms with E-state index >= 15 is 0 Å². The Morgan fingerprint density at radius 1 is 1.26 bits per heavy atom. The summed E-state index contributed by atoms with van der Waals surface area (Å²) in [6, 6.07) is 2.31. The molecule has 2 N–H and O–H groups in total. The third kappa shape index (κ3) is 6.27. The number of nitrogens with one attached hydrogen (secondary N) is 1. The van der Waals surface area contributed by atoms with Crippen molar-refractivity contribution in [3.8, 4) is 0 Å². The van der Waals surface area contributed by atoms with Crippen LogP contribution in [0.1, 0.15) is 62.4 Å². The van der Waals surface area contributed by atoms with Crippen LogP contribution in [0.3, 0.4) is 0 Å². The Kier molecular flexibility index (Phi) is 8.54. The first kappa shape index (κ1) is 26.0. The number of carbonyl (C=O) groups excluding carboxylic acids is 1. The van der Waals surface area contributed by atoms with Crippen LogP contribution in [0.5, 0.6) is 0 Å². The minimum absolute atomic E-state index is 0.165. The Bertz CT molecular complexity index is 1080. The second-order valence-electron chi connectivity index (χ2n) is 9.52. The average molecular weight is 490 g/mol. The van der Waals surface area contributed by atoms with Gasteiger partial charge in [-0.2, -0.15) is 0 Å². The third-order valence-electron chi connectivity index (χ3n) is 6.24. The maximum absolute atomic E-state index is 13.5. The van der Waals surface area contributed by atoms with E-state index < -0.39 is 18.1 Å². The van der Waals surface area contributed by atoms with Gasteiger partial charge in [0.2, 0.25) is 5.91 Å². The molecule has 3 atom stereocenters. The van der Waals surface area contributed by atoms with Gasteiger partial charge < -0.3 is 24.6 Å². The summed E-state index contributed by atoms with van der Waals surface area (Å²) < 4.78 is 6.99. The summed E-state index contributed by atoms with van der Waals surface area (Å²) in [6.45, 7) is 11.9. The van der Waals surface area contributed by atoms with Crippen LogP contribution in [0.15, 0.2) is 28.5 Å². The normalized spacial score (nSPS) is 18.1. The number of morpholine rings is 1. The van der Waals surface area contributed by atoms with E-state index in [0.29, 0.717) is 19.6 Å². The quantitative estimate of drug-likeness (QED) is 0.557. The molecule has 0 spiro atoms. The number of aliphatic carboxylic acids is 1. The molecule has 3 rings (SSSR count). The molecule has 1 aliphatic rings. The van der Waals surface area contributed by atoms with E-state index in [9.17, 15) is 19.5 Å². The number of pyridine rings is 1. The number of amides is 1. The fraction of sp³-hybridized carbons (Fsp3) is 0.560. The largest absolute Gasteiger partial charge is 0.481 e. The van der Waals surface area contributed by atoms with Crippen LogP contribution in [0.4, 0.5) is 5.00 Å². The summed E-state index contributed by atoms with van der Waals surface area (Å²) in [4.78, 5) is 40.1. The summed E-state index contributed by atoms with van der Waals surface area (Å²) in [5.41, 5.74) is 2.31. The molecule has 1 fully saturated rings. The van der Waals surface area contributed by atoms with E-state index in [1.54, 1.807) is 12.3 Å². The molecule has 0 bridgehead atoms. The highest BCUT2D eigenvalue weighted by Gasteiger charge is 2.28. The van der Waals surface area contributed by atoms with Crippen LogP contribution in [0.25, 0.3) is 0 Å². The van der Waals surface area contributed by atoms with Gasteiger partial charge >= 0.3 is 5.97 Å². The maximum atomic E-state index is 13.5. The van der Waals surface area contributed by atoms with Gasteiger partial charge in [-0.1, -0.05) is 13.8 Å². The highest BCUT2D eigenvalue weighted by Crippen LogP contribution is 2.32. The first-order valence-electron chi connectivity index (χ1n) is 11.7. The Hall–Kier alpha value is -2.65. The molecule has 0 aromatic carbocycles. The van der Waals surface area contributed by atoms with Crippen molar-refractivity contribution < 1.29 is 19.4 Å². The minimum Gasteiger partial charge on any atom is -0.481 e. The molecule has 34 heavy (non-hydrogen) atoms. The van der Waals surface area contributed by atoms with E-state index in [1.165, 1.54) is 15.9 Å². The molecule has 1 saturated heterocycles. The first-order chi connectivity index (χ1) is 16.1. The predicted octanol–water partition coefficient (Wildman–Crippen LogP) is 3.67. The number of carboxylic acid groups (broad SMARTS) is 1. The van der Waals surface area contributed by atoms with Crippen LogP contribution in [0, 0.1) is 19.8 Å². The first-order valence-corrected chi connectivity index (χ1v) is 12.6. The number of hydrogen-bond donors (Lipinski definition) is 2. The lowest BCUT2D eigenvalue weighted by Crippen LogP contribution is -2.43. The van der Waals surface area contributed by atoms with Crippen LogP contribution < -0.4 is 15.8 Å². The molecule has 1 unspecified atom stereocenters. The van der Waals surface area contributed by atoms with Crippen molar-refractivity contribution in [1.82, 2.24) is 9.88 Å². The van der Waals surface area contributed by atoms with Crippen LogP contribution in [-0.4, -0.2) is 47.4 Å². The molecule has 1 amide bonds. The fourth-order valence-electron chi connectivity index (χ4n) is 4.21. The van der Waals surface area contributed by atoms with Crippen LogP contribution >= 0.6 is 11.3 Å². The van der Waals surface area contributed by atoms with Gasteiger partial charge in [0.1, 0.15) is 6.04 Å². The standard InChI is InChI=1S/C25H35N3O5S/c1-15(2)8-21(28-12-17(4)16(3)9-22(28)29)25(32)26-20(11-24(30)31)19-10-23(34-14-19)27-6-7-33-13-18(27)5/h9-10,12,14-15,18,20-21H,6-8,11,13H2,1-5H3,(H,26,32)(H,30,31)/t18?,20-,21+/m1/s1. The fourth-order valence-corrected chi connectivity index (χ4v) is 5.31. The smallest absolute Gasteiger partial charge is 0.305 e. The second kappa shape index (κ2) is 11.2. The van der Waals surface area contributed by atoms with Crippen LogP contribution in [-0.2, 0) is 14.3 Å². The Morgan fingerprint density at radius 3 is 2.65 bits per heavy atom. The zero-order valence-electron chi connectivity index (χ0n) is 20.5. The number of ether oxygens (including phenoxy) is 1. The Morgan fingerprint density at radius 2 is 2.00 bits per heavy atom. The van der Waals surface area contributed by atoms with E-state index in [2.05, 4.69) is 17.1 Å². The highest BCUT2D eigenvalue weighted by atomic mass is 32.1. The van der Waals surface area contributed by atoms with Gasteiger partial charge in [-0.05, 0) is 61.2 Å². The number of aromatic nitrogens is 1. The molecule has 2 aromatic rings. The lowest BCUT2D eigenvalue weighted by atomic mass is 10.0. The van der Waals surface area contributed by atoms with Crippen molar-refractivity contribution in [3.05, 3.63) is 50.8 Å². The summed E-state index contributed by atoms with van der Waals surface area (Å²) in [5, 5.41) is 15.4.